The number of phosphoric acid groups is 1. The van der Waals surface area contributed by atoms with Crippen LogP contribution < -0.4 is 33.0 Å². The van der Waals surface area contributed by atoms with Crippen molar-refractivity contribution in [3.8, 4) is 0 Å². The summed E-state index contributed by atoms with van der Waals surface area (Å²) < 4.78 is 29.8. The van der Waals surface area contributed by atoms with E-state index in [1.807, 2.05) is 0 Å². The van der Waals surface area contributed by atoms with Gasteiger partial charge in [-0.1, -0.05) is 139 Å². The number of rotatable bonds is 9. The number of hydrogen-bond acceptors (Lipinski definition) is 10. The van der Waals surface area contributed by atoms with Crippen LogP contribution in [0.4, 0.5) is 17.1 Å². The van der Waals surface area contributed by atoms with Crippen LogP contribution in [0.3, 0.4) is 0 Å². The average Bonchev–Trinajstić information content (AvgIpc) is 2.85. The Labute approximate surface area is 291 Å². The minimum atomic E-state index is -5.30. The van der Waals surface area contributed by atoms with Gasteiger partial charge in [-0.15, -0.1) is 13.9 Å². The minimum absolute atomic E-state index is 0.119. The van der Waals surface area contributed by atoms with Gasteiger partial charge in [0.15, 0.2) is 0 Å². The molecule has 3 aromatic carbocycles. The van der Waals surface area contributed by atoms with Crippen LogP contribution in [0.1, 0.15) is 0 Å². The fourth-order valence-electron chi connectivity index (χ4n) is 2.75. The Morgan fingerprint density at radius 3 is 0.780 bits per heavy atom. The van der Waals surface area contributed by atoms with Crippen molar-refractivity contribution in [1.29, 1.82) is 0 Å². The van der Waals surface area contributed by atoms with Crippen LogP contribution in [0.15, 0.2) is 18.2 Å². The van der Waals surface area contributed by atoms with E-state index in [9.17, 15) is 4.57 Å². The zero-order valence-electron chi connectivity index (χ0n) is 18.9. The van der Waals surface area contributed by atoms with Gasteiger partial charge in [0.25, 0.3) is 0 Å². The fourth-order valence-corrected chi connectivity index (χ4v) is 6.63. The molecular weight excluding hydrogens is 821 g/mol. The van der Waals surface area contributed by atoms with Gasteiger partial charge in [-0.3, -0.25) is 0 Å². The third-order valence-corrected chi connectivity index (χ3v) is 10.3. The third-order valence-electron chi connectivity index (χ3n) is 4.49. The fraction of sp³-hybridized carbons (Fsp3) is 0. The van der Waals surface area contributed by atoms with Gasteiger partial charge in [-0.05, 0) is 18.2 Å². The van der Waals surface area contributed by atoms with Crippen LogP contribution in [0.25, 0.3) is 0 Å². The molecule has 0 radical (unpaired) electrons. The van der Waals surface area contributed by atoms with E-state index in [1.54, 1.807) is 0 Å². The smallest absolute Gasteiger partial charge is 0.222 e. The predicted octanol–water partition coefficient (Wildman–Crippen LogP) is 10.9. The highest BCUT2D eigenvalue weighted by Crippen LogP contribution is 2.56. The van der Waals surface area contributed by atoms with Gasteiger partial charge in [0.2, 0.25) is 0 Å². The maximum Gasteiger partial charge on any atom is 0.543 e. The van der Waals surface area contributed by atoms with E-state index >= 15 is 0 Å². The molecule has 0 saturated heterocycles. The molecule has 0 heterocycles. The van der Waals surface area contributed by atoms with E-state index in [4.69, 9.17) is 171 Å². The summed E-state index contributed by atoms with van der Waals surface area (Å²) in [5.74, 6) is 17.9. The summed E-state index contributed by atoms with van der Waals surface area (Å²) in [6.07, 6.45) is 0. The number of anilines is 3. The van der Waals surface area contributed by atoms with E-state index in [-0.39, 0.29) is 75.8 Å². The highest BCUT2D eigenvalue weighted by atomic mass is 35.5. The van der Waals surface area contributed by atoms with E-state index in [1.165, 1.54) is 18.2 Å². The van der Waals surface area contributed by atoms with Crippen LogP contribution in [-0.4, -0.2) is 0 Å². The highest BCUT2D eigenvalue weighted by Gasteiger charge is 2.40. The molecule has 0 amide bonds. The molecule has 0 aromatic heterocycles. The number of nitrogens with two attached hydrogens (primary N) is 3. The van der Waals surface area contributed by atoms with Crippen molar-refractivity contribution >= 4 is 164 Å². The molecule has 0 spiro atoms. The summed E-state index contributed by atoms with van der Waals surface area (Å²) in [6, 6.07) is 3.63. The monoisotopic (exact) mass is 824 g/mol. The number of halogens is 12. The topological polar surface area (TPSA) is 133 Å². The second kappa shape index (κ2) is 14.3. The molecule has 0 unspecified atom stereocenters. The van der Waals surface area contributed by atoms with Crippen molar-refractivity contribution in [3.05, 3.63) is 78.5 Å². The van der Waals surface area contributed by atoms with Crippen molar-refractivity contribution in [3.63, 3.8) is 0 Å². The van der Waals surface area contributed by atoms with Crippen LogP contribution in [0, 0.1) is 0 Å². The van der Waals surface area contributed by atoms with Gasteiger partial charge in [0, 0.05) is 0 Å². The number of hydrogen-bond donors (Lipinski definition) is 3. The first-order valence-corrected chi connectivity index (χ1v) is 15.7. The SMILES string of the molecule is NN(OP(=O)(ON(N)c1c(Cl)c(Cl)cc(Cl)c1Cl)ON(N)c1c(Cl)c(Cl)cc(Cl)c1Cl)c1c(Cl)c(Cl)cc(Cl)c1Cl. The molecule has 0 aliphatic carbocycles. The average molecular weight is 830 g/mol. The first-order valence-electron chi connectivity index (χ1n) is 9.72. The zero-order chi connectivity index (χ0) is 31.1. The quantitative estimate of drug-likeness (QED) is 0.0828. The summed E-state index contributed by atoms with van der Waals surface area (Å²) in [7, 11) is -5.30. The third kappa shape index (κ3) is 7.85. The van der Waals surface area contributed by atoms with Crippen LogP contribution in [-0.2, 0) is 18.4 Å². The van der Waals surface area contributed by atoms with Gasteiger partial charge in [-0.2, -0.15) is 15.5 Å². The van der Waals surface area contributed by atoms with Crippen molar-refractivity contribution in [2.75, 3.05) is 15.5 Å². The molecule has 10 nitrogen and oxygen atoms in total. The van der Waals surface area contributed by atoms with E-state index in [0.717, 1.165) is 0 Å². The van der Waals surface area contributed by atoms with Crippen molar-refractivity contribution in [1.82, 2.24) is 0 Å². The second-order valence-corrected chi connectivity index (χ2v) is 13.2. The van der Waals surface area contributed by atoms with Gasteiger partial charge < -0.3 is 0 Å². The molecule has 0 aliphatic rings. The molecule has 0 saturated carbocycles. The highest BCUT2D eigenvalue weighted by molar-refractivity contribution is 7.48. The van der Waals surface area contributed by atoms with Crippen molar-refractivity contribution in [2.45, 2.75) is 0 Å². The lowest BCUT2D eigenvalue weighted by molar-refractivity contribution is 0.0861. The Kier molecular flexibility index (Phi) is 12.6. The van der Waals surface area contributed by atoms with Gasteiger partial charge in [0.05, 0.1) is 60.3 Å². The first-order chi connectivity index (χ1) is 18.9. The lowest BCUT2D eigenvalue weighted by atomic mass is 10.3. The normalized spacial score (nSPS) is 11.7. The Bertz CT molecular complexity index is 1310. The zero-order valence-corrected chi connectivity index (χ0v) is 28.9. The molecule has 3 aromatic rings. The lowest BCUT2D eigenvalue weighted by Gasteiger charge is -2.31. The van der Waals surface area contributed by atoms with Crippen LogP contribution in [0.5, 0.6) is 0 Å². The van der Waals surface area contributed by atoms with Crippen LogP contribution >= 0.6 is 147 Å². The Balaban J connectivity index is 2.13. The molecule has 224 valence electrons. The lowest BCUT2D eigenvalue weighted by Crippen LogP contribution is -2.39. The summed E-state index contributed by atoms with van der Waals surface area (Å²) >= 11 is 73.5. The molecule has 41 heavy (non-hydrogen) atoms. The second-order valence-electron chi connectivity index (χ2n) is 7.12. The molecular formula is C18H9Cl12N6O4P. The molecule has 23 heteroatoms. The van der Waals surface area contributed by atoms with E-state index < -0.39 is 24.9 Å². The summed E-state index contributed by atoms with van der Waals surface area (Å²) in [5, 5.41) is -1.71. The Morgan fingerprint density at radius 2 is 0.610 bits per heavy atom. The minimum Gasteiger partial charge on any atom is -0.222 e. The van der Waals surface area contributed by atoms with Gasteiger partial charge >= 0.3 is 7.82 Å². The van der Waals surface area contributed by atoms with Crippen molar-refractivity contribution < 1.29 is 18.4 Å². The standard InChI is InChI=1S/C18H9Cl12N6O4P/c19-4-1-5(20)11(26)16(10(4)25)34(31)38-41(37,39-35(32)17-12(27)6(21)2-7(22)13(17)28)40-36(33)18-14(29)8(23)3-9(24)15(18)30/h1-3H,31-33H2. The molecule has 0 fully saturated rings. The summed E-state index contributed by atoms with van der Waals surface area (Å²) in [5.41, 5.74) is -1.18. The number of nitrogens with zero attached hydrogens (tertiary/aromatic N) is 3. The van der Waals surface area contributed by atoms with Crippen LogP contribution in [0.2, 0.25) is 60.3 Å². The summed E-state index contributed by atoms with van der Waals surface area (Å²) in [4.78, 5) is 0. The Hall–Kier alpha value is 0.530. The molecule has 0 aliphatic heterocycles. The molecule has 6 N–H and O–H groups in total. The molecule has 0 bridgehead atoms. The van der Waals surface area contributed by atoms with E-state index in [0.29, 0.717) is 0 Å². The molecule has 3 rings (SSSR count). The molecule has 0 atom stereocenters. The maximum atomic E-state index is 14.1. The first kappa shape index (κ1) is 36.0. The Morgan fingerprint density at radius 1 is 0.439 bits per heavy atom. The predicted molar refractivity (Wildman–Crippen MR) is 170 cm³/mol. The number of hydrazine groups is 3. The summed E-state index contributed by atoms with van der Waals surface area (Å²) in [6.45, 7) is 0. The van der Waals surface area contributed by atoms with Gasteiger partial charge in [-0.25, -0.2) is 22.1 Å². The van der Waals surface area contributed by atoms with Gasteiger partial charge in [0.1, 0.15) is 17.1 Å². The van der Waals surface area contributed by atoms with E-state index in [2.05, 4.69) is 0 Å². The largest absolute Gasteiger partial charge is 0.543 e. The number of benzene rings is 3. The van der Waals surface area contributed by atoms with Crippen molar-refractivity contribution in [2.24, 2.45) is 17.5 Å². The maximum absolute atomic E-state index is 14.1.